The third kappa shape index (κ3) is 2.09. The summed E-state index contributed by atoms with van der Waals surface area (Å²) in [7, 11) is 3.07. The lowest BCUT2D eigenvalue weighted by Gasteiger charge is -2.11. The van der Waals surface area contributed by atoms with Crippen LogP contribution in [0.5, 0.6) is 11.5 Å². The van der Waals surface area contributed by atoms with Gasteiger partial charge in [0.15, 0.2) is 0 Å². The average molecular weight is 245 g/mol. The van der Waals surface area contributed by atoms with Gasteiger partial charge in [0.05, 0.1) is 19.9 Å². The highest BCUT2D eigenvalue weighted by Crippen LogP contribution is 2.30. The number of H-pyrrole nitrogens is 1. The summed E-state index contributed by atoms with van der Waals surface area (Å²) in [5, 5.41) is 0. The highest BCUT2D eigenvalue weighted by molar-refractivity contribution is 6.11. The molecule has 1 heterocycles. The summed E-state index contributed by atoms with van der Waals surface area (Å²) >= 11 is 0. The number of rotatable bonds is 4. The van der Waals surface area contributed by atoms with Crippen LogP contribution in [-0.4, -0.2) is 25.0 Å². The van der Waals surface area contributed by atoms with E-state index in [1.54, 1.807) is 30.5 Å². The van der Waals surface area contributed by atoms with Crippen molar-refractivity contribution in [3.05, 3.63) is 47.3 Å². The van der Waals surface area contributed by atoms with E-state index in [4.69, 9.17) is 9.47 Å². The summed E-state index contributed by atoms with van der Waals surface area (Å²) in [5.74, 6) is 0.871. The number of ether oxygens (including phenoxy) is 2. The zero-order valence-corrected chi connectivity index (χ0v) is 10.6. The second-order valence-corrected chi connectivity index (χ2v) is 3.96. The zero-order chi connectivity index (χ0) is 13.1. The molecule has 2 aromatic rings. The number of aryl methyl sites for hydroxylation is 1. The molecule has 0 saturated heterocycles. The van der Waals surface area contributed by atoms with Gasteiger partial charge in [-0.25, -0.2) is 0 Å². The Balaban J connectivity index is 2.52. The number of carbonyl (C=O) groups is 1. The highest BCUT2D eigenvalue weighted by Gasteiger charge is 2.20. The lowest BCUT2D eigenvalue weighted by molar-refractivity contribution is 0.102. The normalized spacial score (nSPS) is 10.2. The summed E-state index contributed by atoms with van der Waals surface area (Å²) in [6, 6.07) is 7.07. The van der Waals surface area contributed by atoms with Gasteiger partial charge in [-0.3, -0.25) is 4.79 Å². The van der Waals surface area contributed by atoms with Gasteiger partial charge in [0.2, 0.25) is 5.78 Å². The van der Waals surface area contributed by atoms with Crippen LogP contribution in [0, 0.1) is 6.92 Å². The van der Waals surface area contributed by atoms with E-state index < -0.39 is 0 Å². The highest BCUT2D eigenvalue weighted by atomic mass is 16.5. The number of methoxy groups -OCH3 is 2. The Morgan fingerprint density at radius 1 is 1.17 bits per heavy atom. The molecule has 94 valence electrons. The maximum absolute atomic E-state index is 12.4. The SMILES string of the molecule is COc1cccc(OC)c1C(=O)c1cc(C)c[nH]1. The fourth-order valence-electron chi connectivity index (χ4n) is 1.84. The molecule has 1 N–H and O–H groups in total. The molecule has 0 aliphatic heterocycles. The molecule has 4 heteroatoms. The third-order valence-electron chi connectivity index (χ3n) is 2.73. The van der Waals surface area contributed by atoms with E-state index in [0.717, 1.165) is 5.56 Å². The standard InChI is InChI=1S/C14H15NO3/c1-9-7-10(15-8-9)14(16)13-11(17-2)5-4-6-12(13)18-3/h4-8,15H,1-3H3. The number of nitrogens with one attached hydrogen (secondary N) is 1. The van der Waals surface area contributed by atoms with Crippen molar-refractivity contribution < 1.29 is 14.3 Å². The molecule has 0 amide bonds. The molecule has 4 nitrogen and oxygen atoms in total. The largest absolute Gasteiger partial charge is 0.496 e. The molecule has 1 aromatic carbocycles. The Bertz CT molecular complexity index is 550. The molecule has 0 bridgehead atoms. The van der Waals surface area contributed by atoms with Crippen LogP contribution < -0.4 is 9.47 Å². The molecule has 0 spiro atoms. The van der Waals surface area contributed by atoms with Gasteiger partial charge in [-0.15, -0.1) is 0 Å². The summed E-state index contributed by atoms with van der Waals surface area (Å²) in [6.07, 6.45) is 1.79. The molecule has 2 rings (SSSR count). The Morgan fingerprint density at radius 3 is 2.22 bits per heavy atom. The van der Waals surface area contributed by atoms with Crippen LogP contribution >= 0.6 is 0 Å². The molecule has 0 radical (unpaired) electrons. The summed E-state index contributed by atoms with van der Waals surface area (Å²) in [6.45, 7) is 1.92. The van der Waals surface area contributed by atoms with Crippen molar-refractivity contribution in [2.75, 3.05) is 14.2 Å². The van der Waals surface area contributed by atoms with E-state index in [1.807, 2.05) is 6.92 Å². The molecule has 0 atom stereocenters. The molecule has 0 saturated carbocycles. The van der Waals surface area contributed by atoms with E-state index in [9.17, 15) is 4.79 Å². The van der Waals surface area contributed by atoms with Crippen molar-refractivity contribution in [1.29, 1.82) is 0 Å². The maximum Gasteiger partial charge on any atom is 0.216 e. The van der Waals surface area contributed by atoms with Gasteiger partial charge in [0, 0.05) is 6.20 Å². The number of hydrogen-bond acceptors (Lipinski definition) is 3. The molecule has 0 unspecified atom stereocenters. The second kappa shape index (κ2) is 4.96. The Labute approximate surface area is 106 Å². The number of ketones is 1. The Hall–Kier alpha value is -2.23. The minimum absolute atomic E-state index is 0.141. The predicted molar refractivity (Wildman–Crippen MR) is 68.5 cm³/mol. The summed E-state index contributed by atoms with van der Waals surface area (Å²) < 4.78 is 10.4. The number of hydrogen-bond donors (Lipinski definition) is 1. The molecule has 0 aliphatic rings. The number of benzene rings is 1. The van der Waals surface area contributed by atoms with Crippen molar-refractivity contribution in [1.82, 2.24) is 4.98 Å². The molecule has 1 aromatic heterocycles. The lowest BCUT2D eigenvalue weighted by atomic mass is 10.1. The van der Waals surface area contributed by atoms with Crippen LogP contribution in [0.15, 0.2) is 30.5 Å². The van der Waals surface area contributed by atoms with Crippen LogP contribution in [-0.2, 0) is 0 Å². The molecule has 18 heavy (non-hydrogen) atoms. The first-order valence-electron chi connectivity index (χ1n) is 5.58. The van der Waals surface area contributed by atoms with Crippen molar-refractivity contribution in [3.8, 4) is 11.5 Å². The minimum Gasteiger partial charge on any atom is -0.496 e. The predicted octanol–water partition coefficient (Wildman–Crippen LogP) is 2.57. The fraction of sp³-hybridized carbons (Fsp3) is 0.214. The van der Waals surface area contributed by atoms with E-state index in [2.05, 4.69) is 4.98 Å². The Kier molecular flexibility index (Phi) is 3.37. The third-order valence-corrected chi connectivity index (χ3v) is 2.73. The van der Waals surface area contributed by atoms with Crippen LogP contribution in [0.4, 0.5) is 0 Å². The van der Waals surface area contributed by atoms with Gasteiger partial charge < -0.3 is 14.5 Å². The van der Waals surface area contributed by atoms with Crippen molar-refractivity contribution in [2.45, 2.75) is 6.92 Å². The maximum atomic E-state index is 12.4. The average Bonchev–Trinajstić information content (AvgIpc) is 2.83. The van der Waals surface area contributed by atoms with Crippen molar-refractivity contribution in [2.24, 2.45) is 0 Å². The van der Waals surface area contributed by atoms with Gasteiger partial charge in [-0.1, -0.05) is 6.07 Å². The van der Waals surface area contributed by atoms with E-state index in [1.165, 1.54) is 14.2 Å². The minimum atomic E-state index is -0.141. The van der Waals surface area contributed by atoms with Crippen molar-refractivity contribution in [3.63, 3.8) is 0 Å². The van der Waals surface area contributed by atoms with Gasteiger partial charge >= 0.3 is 0 Å². The number of carbonyl (C=O) groups excluding carboxylic acids is 1. The van der Waals surface area contributed by atoms with Gasteiger partial charge in [-0.2, -0.15) is 0 Å². The number of aromatic nitrogens is 1. The molecule has 0 fully saturated rings. The topological polar surface area (TPSA) is 51.3 Å². The quantitative estimate of drug-likeness (QED) is 0.842. The first kappa shape index (κ1) is 12.2. The van der Waals surface area contributed by atoms with E-state index in [-0.39, 0.29) is 5.78 Å². The van der Waals surface area contributed by atoms with E-state index in [0.29, 0.717) is 22.8 Å². The van der Waals surface area contributed by atoms with Gasteiger partial charge in [0.1, 0.15) is 17.1 Å². The van der Waals surface area contributed by atoms with Crippen LogP contribution in [0.2, 0.25) is 0 Å². The van der Waals surface area contributed by atoms with Crippen LogP contribution in [0.25, 0.3) is 0 Å². The van der Waals surface area contributed by atoms with Gasteiger partial charge in [-0.05, 0) is 30.7 Å². The summed E-state index contributed by atoms with van der Waals surface area (Å²) in [4.78, 5) is 15.4. The molecular weight excluding hydrogens is 230 g/mol. The van der Waals surface area contributed by atoms with Crippen molar-refractivity contribution >= 4 is 5.78 Å². The summed E-state index contributed by atoms with van der Waals surface area (Å²) in [5.41, 5.74) is 1.96. The number of aromatic amines is 1. The lowest BCUT2D eigenvalue weighted by Crippen LogP contribution is -2.06. The zero-order valence-electron chi connectivity index (χ0n) is 10.6. The smallest absolute Gasteiger partial charge is 0.216 e. The fourth-order valence-corrected chi connectivity index (χ4v) is 1.84. The molecular formula is C14H15NO3. The van der Waals surface area contributed by atoms with Crippen LogP contribution in [0.1, 0.15) is 21.6 Å². The van der Waals surface area contributed by atoms with Crippen LogP contribution in [0.3, 0.4) is 0 Å². The molecule has 0 aliphatic carbocycles. The first-order valence-corrected chi connectivity index (χ1v) is 5.58. The monoisotopic (exact) mass is 245 g/mol. The first-order chi connectivity index (χ1) is 8.67. The Morgan fingerprint density at radius 2 is 1.78 bits per heavy atom. The van der Waals surface area contributed by atoms with E-state index >= 15 is 0 Å². The second-order valence-electron chi connectivity index (χ2n) is 3.96. The van der Waals surface area contributed by atoms with Gasteiger partial charge in [0.25, 0.3) is 0 Å².